The Kier molecular flexibility index (Phi) is 4.34. The van der Waals surface area contributed by atoms with E-state index in [1.807, 2.05) is 31.2 Å². The number of ether oxygens (including phenoxy) is 1. The molecule has 0 aromatic heterocycles. The summed E-state index contributed by atoms with van der Waals surface area (Å²) in [7, 11) is -2.84. The molecule has 0 radical (unpaired) electrons. The summed E-state index contributed by atoms with van der Waals surface area (Å²) in [6, 6.07) is 7.72. The molecule has 0 spiro atoms. The van der Waals surface area contributed by atoms with Gasteiger partial charge in [0.25, 0.3) is 0 Å². The summed E-state index contributed by atoms with van der Waals surface area (Å²) in [5.74, 6) is 1.33. The van der Waals surface area contributed by atoms with Crippen LogP contribution in [0.5, 0.6) is 5.75 Å². The molecule has 1 aromatic rings. The number of hydrogen-bond acceptors (Lipinski definition) is 4. The first kappa shape index (κ1) is 14.2. The smallest absolute Gasteiger partial charge is 0.152 e. The molecule has 2 atom stereocenters. The highest BCUT2D eigenvalue weighted by Gasteiger charge is 2.27. The van der Waals surface area contributed by atoms with Crippen LogP contribution in [0.25, 0.3) is 0 Å². The van der Waals surface area contributed by atoms with Gasteiger partial charge in [0.2, 0.25) is 0 Å². The van der Waals surface area contributed by atoms with Gasteiger partial charge in [0, 0.05) is 17.8 Å². The highest BCUT2D eigenvalue weighted by molar-refractivity contribution is 7.91. The number of nitrogens with one attached hydrogen (secondary N) is 1. The van der Waals surface area contributed by atoms with E-state index in [1.54, 1.807) is 0 Å². The van der Waals surface area contributed by atoms with Gasteiger partial charge < -0.3 is 10.1 Å². The Hall–Kier alpha value is -1.23. The summed E-state index contributed by atoms with van der Waals surface area (Å²) in [6.45, 7) is 4.11. The number of hydrogen-bond donors (Lipinski definition) is 1. The van der Waals surface area contributed by atoms with Gasteiger partial charge in [-0.3, -0.25) is 0 Å². The Morgan fingerprint density at radius 1 is 1.47 bits per heavy atom. The highest BCUT2D eigenvalue weighted by Crippen LogP contribution is 2.22. The molecule has 5 heteroatoms. The molecule has 0 saturated carbocycles. The quantitative estimate of drug-likeness (QED) is 0.902. The molecule has 1 aliphatic heterocycles. The number of benzene rings is 1. The minimum absolute atomic E-state index is 0.0175. The predicted octanol–water partition coefficient (Wildman–Crippen LogP) is 2.46. The van der Waals surface area contributed by atoms with Crippen molar-refractivity contribution in [2.45, 2.75) is 38.8 Å². The molecule has 4 nitrogen and oxygen atoms in total. The molecule has 106 valence electrons. The average molecular weight is 283 g/mol. The van der Waals surface area contributed by atoms with Crippen molar-refractivity contribution in [1.29, 1.82) is 0 Å². The van der Waals surface area contributed by atoms with E-state index in [0.29, 0.717) is 6.42 Å². The standard InChI is InChI=1S/C14H21NO3S/c1-3-11(2)18-14-6-4-5-12(9-14)15-13-7-8-19(16,17)10-13/h4-6,9,11,13,15H,3,7-8,10H2,1-2H3. The van der Waals surface area contributed by atoms with Crippen LogP contribution in [-0.4, -0.2) is 32.1 Å². The molecule has 1 heterocycles. The average Bonchev–Trinajstić information content (AvgIpc) is 2.69. The van der Waals surface area contributed by atoms with Gasteiger partial charge in [-0.05, 0) is 31.9 Å². The molecule has 1 aromatic carbocycles. The minimum Gasteiger partial charge on any atom is -0.491 e. The Balaban J connectivity index is 1.99. The van der Waals surface area contributed by atoms with E-state index in [9.17, 15) is 8.42 Å². The van der Waals surface area contributed by atoms with Gasteiger partial charge in [-0.25, -0.2) is 8.42 Å². The fourth-order valence-corrected chi connectivity index (χ4v) is 3.79. The van der Waals surface area contributed by atoms with Crippen LogP contribution in [0.1, 0.15) is 26.7 Å². The summed E-state index contributed by atoms with van der Waals surface area (Å²) >= 11 is 0. The van der Waals surface area contributed by atoms with E-state index in [0.717, 1.165) is 17.9 Å². The molecule has 2 unspecified atom stereocenters. The van der Waals surface area contributed by atoms with Crippen molar-refractivity contribution < 1.29 is 13.2 Å². The van der Waals surface area contributed by atoms with Gasteiger partial charge in [-0.15, -0.1) is 0 Å². The van der Waals surface area contributed by atoms with Crippen LogP contribution in [0.3, 0.4) is 0 Å². The van der Waals surface area contributed by atoms with Crippen molar-refractivity contribution in [3.8, 4) is 5.75 Å². The van der Waals surface area contributed by atoms with E-state index >= 15 is 0 Å². The molecule has 1 aliphatic rings. The van der Waals surface area contributed by atoms with E-state index in [4.69, 9.17) is 4.74 Å². The third-order valence-corrected chi connectivity index (χ3v) is 5.12. The first-order valence-corrected chi connectivity index (χ1v) is 8.54. The van der Waals surface area contributed by atoms with Crippen LogP contribution in [0.15, 0.2) is 24.3 Å². The summed E-state index contributed by atoms with van der Waals surface area (Å²) in [5.41, 5.74) is 0.919. The fourth-order valence-electron chi connectivity index (χ4n) is 2.12. The highest BCUT2D eigenvalue weighted by atomic mass is 32.2. The molecule has 0 bridgehead atoms. The van der Waals surface area contributed by atoms with Gasteiger partial charge in [0.05, 0.1) is 17.6 Å². The lowest BCUT2D eigenvalue weighted by Gasteiger charge is -2.16. The molecule has 2 rings (SSSR count). The van der Waals surface area contributed by atoms with E-state index in [-0.39, 0.29) is 23.7 Å². The van der Waals surface area contributed by atoms with Crippen molar-refractivity contribution in [3.05, 3.63) is 24.3 Å². The maximum Gasteiger partial charge on any atom is 0.152 e. The van der Waals surface area contributed by atoms with Crippen LogP contribution < -0.4 is 10.1 Å². The number of anilines is 1. The van der Waals surface area contributed by atoms with Gasteiger partial charge in [0.1, 0.15) is 5.75 Å². The van der Waals surface area contributed by atoms with Crippen LogP contribution in [0, 0.1) is 0 Å². The third kappa shape index (κ3) is 4.13. The summed E-state index contributed by atoms with van der Waals surface area (Å²) in [4.78, 5) is 0. The second-order valence-electron chi connectivity index (χ2n) is 5.11. The van der Waals surface area contributed by atoms with Gasteiger partial charge >= 0.3 is 0 Å². The number of rotatable bonds is 5. The fraction of sp³-hybridized carbons (Fsp3) is 0.571. The normalized spacial score (nSPS) is 22.9. The maximum atomic E-state index is 11.4. The molecule has 19 heavy (non-hydrogen) atoms. The molecule has 0 aliphatic carbocycles. The lowest BCUT2D eigenvalue weighted by Crippen LogP contribution is -2.20. The van der Waals surface area contributed by atoms with Crippen molar-refractivity contribution in [1.82, 2.24) is 0 Å². The molecule has 1 fully saturated rings. The van der Waals surface area contributed by atoms with Crippen LogP contribution in [0.4, 0.5) is 5.69 Å². The van der Waals surface area contributed by atoms with Gasteiger partial charge in [0.15, 0.2) is 9.84 Å². The lowest BCUT2D eigenvalue weighted by atomic mass is 10.2. The summed E-state index contributed by atoms with van der Waals surface area (Å²) < 4.78 is 28.6. The van der Waals surface area contributed by atoms with Crippen molar-refractivity contribution in [2.24, 2.45) is 0 Å². The van der Waals surface area contributed by atoms with Crippen molar-refractivity contribution in [2.75, 3.05) is 16.8 Å². The maximum absolute atomic E-state index is 11.4. The molecule has 0 amide bonds. The Morgan fingerprint density at radius 3 is 2.89 bits per heavy atom. The van der Waals surface area contributed by atoms with E-state index in [1.165, 1.54) is 0 Å². The molecule has 1 N–H and O–H groups in total. The van der Waals surface area contributed by atoms with Crippen molar-refractivity contribution >= 4 is 15.5 Å². The minimum atomic E-state index is -2.84. The summed E-state index contributed by atoms with van der Waals surface area (Å²) in [5, 5.41) is 3.27. The molecular formula is C14H21NO3S. The van der Waals surface area contributed by atoms with Crippen molar-refractivity contribution in [3.63, 3.8) is 0 Å². The zero-order valence-electron chi connectivity index (χ0n) is 11.4. The monoisotopic (exact) mass is 283 g/mol. The van der Waals surface area contributed by atoms with Crippen LogP contribution in [-0.2, 0) is 9.84 Å². The van der Waals surface area contributed by atoms with Crippen LogP contribution >= 0.6 is 0 Å². The molecular weight excluding hydrogens is 262 g/mol. The molecule has 1 saturated heterocycles. The zero-order valence-corrected chi connectivity index (χ0v) is 12.2. The second-order valence-corrected chi connectivity index (χ2v) is 7.34. The Morgan fingerprint density at radius 2 is 2.26 bits per heavy atom. The summed E-state index contributed by atoms with van der Waals surface area (Å²) in [6.07, 6.45) is 1.82. The first-order valence-electron chi connectivity index (χ1n) is 6.72. The third-order valence-electron chi connectivity index (χ3n) is 3.35. The zero-order chi connectivity index (χ0) is 13.9. The van der Waals surface area contributed by atoms with Gasteiger partial charge in [-0.1, -0.05) is 13.0 Å². The van der Waals surface area contributed by atoms with Gasteiger partial charge in [-0.2, -0.15) is 0 Å². The predicted molar refractivity (Wildman–Crippen MR) is 77.5 cm³/mol. The van der Waals surface area contributed by atoms with Crippen LogP contribution in [0.2, 0.25) is 0 Å². The number of sulfone groups is 1. The Bertz CT molecular complexity index is 527. The second kappa shape index (κ2) is 5.82. The van der Waals surface area contributed by atoms with E-state index in [2.05, 4.69) is 12.2 Å². The largest absolute Gasteiger partial charge is 0.491 e. The Labute approximate surface area is 115 Å². The lowest BCUT2D eigenvalue weighted by molar-refractivity contribution is 0.217. The topological polar surface area (TPSA) is 55.4 Å². The first-order chi connectivity index (χ1) is 8.98. The SMILES string of the molecule is CCC(C)Oc1cccc(NC2CCS(=O)(=O)C2)c1. The van der Waals surface area contributed by atoms with E-state index < -0.39 is 9.84 Å².